The van der Waals surface area contributed by atoms with Crippen molar-refractivity contribution in [2.45, 2.75) is 37.6 Å². The first-order valence-electron chi connectivity index (χ1n) is 9.55. The molecule has 0 aromatic heterocycles. The predicted molar refractivity (Wildman–Crippen MR) is 124 cm³/mol. The maximum absolute atomic E-state index is 12.5. The molecule has 0 heterocycles. The molecule has 0 saturated heterocycles. The zero-order valence-corrected chi connectivity index (χ0v) is 20.1. The molecule has 1 aromatic carbocycles. The third kappa shape index (κ3) is 8.22. The number of rotatable bonds is 11. The van der Waals surface area contributed by atoms with Gasteiger partial charge in [-0.3, -0.25) is 0 Å². The third-order valence-electron chi connectivity index (χ3n) is 4.29. The van der Waals surface area contributed by atoms with Crippen molar-refractivity contribution in [3.05, 3.63) is 29.8 Å². The zero-order valence-electron chi connectivity index (χ0n) is 17.0. The molecule has 1 aliphatic rings. The molecule has 7 nitrogen and oxygen atoms in total. The Morgan fingerprint density at radius 2 is 1.96 bits per heavy atom. The number of hydrogen-bond donors (Lipinski definition) is 2. The minimum atomic E-state index is -3.49. The van der Waals surface area contributed by atoms with E-state index in [2.05, 4.69) is 15.6 Å². The van der Waals surface area contributed by atoms with Gasteiger partial charge in [0.05, 0.1) is 11.4 Å². The van der Waals surface area contributed by atoms with Gasteiger partial charge in [0.1, 0.15) is 0 Å². The molecule has 0 amide bonds. The Kier molecular flexibility index (Phi) is 11.3. The van der Waals surface area contributed by atoms with Gasteiger partial charge in [-0.05, 0) is 43.7 Å². The van der Waals surface area contributed by atoms with Crippen molar-refractivity contribution in [3.63, 3.8) is 0 Å². The first-order chi connectivity index (χ1) is 12.9. The molecule has 2 N–H and O–H groups in total. The number of nitrogens with one attached hydrogen (secondary N) is 2. The average Bonchev–Trinajstić information content (AvgIpc) is 3.46. The van der Waals surface area contributed by atoms with Gasteiger partial charge >= 0.3 is 0 Å². The highest BCUT2D eigenvalue weighted by atomic mass is 127. The summed E-state index contributed by atoms with van der Waals surface area (Å²) in [6.07, 6.45) is 3.52. The standard InChI is InChI=1S/C19H32N4O3S.HI/c1-4-20-19(21-12-7-13-26-15-16-10-11-16)22-14-17-8-5-6-9-18(17)27(24,25)23(2)3;/h5-6,8-9,16H,4,7,10-15H2,1-3H3,(H2,20,21,22);1H. The van der Waals surface area contributed by atoms with Crippen LogP contribution in [0.25, 0.3) is 0 Å². The predicted octanol–water partition coefficient (Wildman–Crippen LogP) is 2.43. The van der Waals surface area contributed by atoms with Crippen LogP contribution in [0.3, 0.4) is 0 Å². The van der Waals surface area contributed by atoms with Gasteiger partial charge in [0, 0.05) is 40.4 Å². The van der Waals surface area contributed by atoms with Gasteiger partial charge in [0.2, 0.25) is 10.0 Å². The smallest absolute Gasteiger partial charge is 0.242 e. The number of halogens is 1. The molecule has 160 valence electrons. The van der Waals surface area contributed by atoms with Crippen LogP contribution in [0.4, 0.5) is 0 Å². The highest BCUT2D eigenvalue weighted by Crippen LogP contribution is 2.28. The van der Waals surface area contributed by atoms with Crippen molar-refractivity contribution in [3.8, 4) is 0 Å². The fourth-order valence-corrected chi connectivity index (χ4v) is 3.61. The van der Waals surface area contributed by atoms with Gasteiger partial charge in [0.25, 0.3) is 0 Å². The van der Waals surface area contributed by atoms with Crippen molar-refractivity contribution in [1.82, 2.24) is 14.9 Å². The van der Waals surface area contributed by atoms with E-state index in [4.69, 9.17) is 4.74 Å². The van der Waals surface area contributed by atoms with Crippen molar-refractivity contribution in [2.75, 3.05) is 40.4 Å². The molecule has 0 unspecified atom stereocenters. The van der Waals surface area contributed by atoms with Crippen LogP contribution in [-0.4, -0.2) is 59.1 Å². The quantitative estimate of drug-likeness (QED) is 0.201. The minimum absolute atomic E-state index is 0. The van der Waals surface area contributed by atoms with E-state index in [9.17, 15) is 8.42 Å². The number of guanidine groups is 1. The highest BCUT2D eigenvalue weighted by Gasteiger charge is 2.21. The van der Waals surface area contributed by atoms with E-state index in [-0.39, 0.29) is 30.5 Å². The second-order valence-corrected chi connectivity index (χ2v) is 9.01. The Labute approximate surface area is 186 Å². The fraction of sp³-hybridized carbons (Fsp3) is 0.632. The highest BCUT2D eigenvalue weighted by molar-refractivity contribution is 14.0. The normalized spacial score (nSPS) is 14.6. The molecule has 0 bridgehead atoms. The number of aliphatic imine (C=N–C) groups is 1. The molecule has 0 radical (unpaired) electrons. The number of hydrogen-bond acceptors (Lipinski definition) is 4. The Hall–Kier alpha value is -0.910. The van der Waals surface area contributed by atoms with E-state index in [1.807, 2.05) is 13.0 Å². The van der Waals surface area contributed by atoms with Crippen molar-refractivity contribution < 1.29 is 13.2 Å². The number of nitrogens with zero attached hydrogens (tertiary/aromatic N) is 2. The molecule has 1 fully saturated rings. The van der Waals surface area contributed by atoms with E-state index in [0.717, 1.165) is 38.6 Å². The minimum Gasteiger partial charge on any atom is -0.381 e. The van der Waals surface area contributed by atoms with E-state index >= 15 is 0 Å². The summed E-state index contributed by atoms with van der Waals surface area (Å²) < 4.78 is 31.8. The molecule has 28 heavy (non-hydrogen) atoms. The van der Waals surface area contributed by atoms with Gasteiger partial charge in [-0.25, -0.2) is 17.7 Å². The second kappa shape index (κ2) is 12.6. The monoisotopic (exact) mass is 524 g/mol. The maximum atomic E-state index is 12.5. The van der Waals surface area contributed by atoms with Crippen molar-refractivity contribution in [1.29, 1.82) is 0 Å². The van der Waals surface area contributed by atoms with E-state index in [1.165, 1.54) is 31.2 Å². The molecule has 9 heteroatoms. The Morgan fingerprint density at radius 1 is 1.25 bits per heavy atom. The first kappa shape index (κ1) is 25.1. The number of benzene rings is 1. The van der Waals surface area contributed by atoms with Gasteiger partial charge < -0.3 is 15.4 Å². The lowest BCUT2D eigenvalue weighted by Crippen LogP contribution is -2.38. The van der Waals surface area contributed by atoms with Gasteiger partial charge in [-0.15, -0.1) is 24.0 Å². The molecule has 0 spiro atoms. The molecule has 2 rings (SSSR count). The number of sulfonamides is 1. The van der Waals surface area contributed by atoms with Crippen LogP contribution >= 0.6 is 24.0 Å². The topological polar surface area (TPSA) is 83.0 Å². The summed E-state index contributed by atoms with van der Waals surface area (Å²) in [7, 11) is -0.422. The van der Waals surface area contributed by atoms with Crippen molar-refractivity contribution in [2.24, 2.45) is 10.9 Å². The van der Waals surface area contributed by atoms with Crippen LogP contribution in [0, 0.1) is 5.92 Å². The summed E-state index contributed by atoms with van der Waals surface area (Å²) in [5.74, 6) is 1.46. The molecule has 1 aliphatic carbocycles. The Balaban J connectivity index is 0.00000392. The fourth-order valence-electron chi connectivity index (χ4n) is 2.50. The summed E-state index contributed by atoms with van der Waals surface area (Å²) in [6.45, 7) is 5.41. The summed E-state index contributed by atoms with van der Waals surface area (Å²) >= 11 is 0. The molecule has 1 saturated carbocycles. The average molecular weight is 524 g/mol. The van der Waals surface area contributed by atoms with Crippen LogP contribution in [0.2, 0.25) is 0 Å². The summed E-state index contributed by atoms with van der Waals surface area (Å²) in [5.41, 5.74) is 0.677. The van der Waals surface area contributed by atoms with Crippen LogP contribution in [-0.2, 0) is 21.3 Å². The summed E-state index contributed by atoms with van der Waals surface area (Å²) in [5, 5.41) is 6.47. The van der Waals surface area contributed by atoms with Gasteiger partial charge in [0.15, 0.2) is 5.96 Å². The molecule has 0 atom stereocenters. The molecular formula is C19H33IN4O3S. The first-order valence-corrected chi connectivity index (χ1v) is 11.0. The van der Waals surface area contributed by atoms with Gasteiger partial charge in [-0.1, -0.05) is 18.2 Å². The van der Waals surface area contributed by atoms with E-state index in [0.29, 0.717) is 16.4 Å². The second-order valence-electron chi connectivity index (χ2n) is 6.89. The van der Waals surface area contributed by atoms with E-state index < -0.39 is 10.0 Å². The largest absolute Gasteiger partial charge is 0.381 e. The Morgan fingerprint density at radius 3 is 2.61 bits per heavy atom. The van der Waals surface area contributed by atoms with Crippen LogP contribution in [0.15, 0.2) is 34.2 Å². The van der Waals surface area contributed by atoms with Crippen LogP contribution < -0.4 is 10.6 Å². The van der Waals surface area contributed by atoms with Crippen molar-refractivity contribution >= 4 is 40.0 Å². The van der Waals surface area contributed by atoms with Gasteiger partial charge in [-0.2, -0.15) is 0 Å². The molecule has 0 aliphatic heterocycles. The molecule has 1 aromatic rings. The Bertz CT molecular complexity index is 722. The molecular weight excluding hydrogens is 491 g/mol. The lowest BCUT2D eigenvalue weighted by Gasteiger charge is -2.15. The summed E-state index contributed by atoms with van der Waals surface area (Å²) in [6, 6.07) is 6.98. The summed E-state index contributed by atoms with van der Waals surface area (Å²) in [4.78, 5) is 4.84. The van der Waals surface area contributed by atoms with Crippen LogP contribution in [0.5, 0.6) is 0 Å². The lowest BCUT2D eigenvalue weighted by molar-refractivity contribution is 0.123. The SMILES string of the molecule is CCNC(=NCc1ccccc1S(=O)(=O)N(C)C)NCCCOCC1CC1.I. The zero-order chi connectivity index (χ0) is 19.7. The third-order valence-corrected chi connectivity index (χ3v) is 6.21. The van der Waals surface area contributed by atoms with E-state index in [1.54, 1.807) is 18.2 Å². The lowest BCUT2D eigenvalue weighted by atomic mass is 10.2. The number of ether oxygens (including phenoxy) is 1. The maximum Gasteiger partial charge on any atom is 0.242 e. The van der Waals surface area contributed by atoms with Crippen LogP contribution in [0.1, 0.15) is 31.7 Å².